The Kier molecular flexibility index (Phi) is 6.37. The van der Waals surface area contributed by atoms with Crippen molar-refractivity contribution < 1.29 is 14.0 Å². The molecule has 0 rings (SSSR count). The molecule has 0 heterocycles. The van der Waals surface area contributed by atoms with Gasteiger partial charge in [0, 0.05) is 6.08 Å². The van der Waals surface area contributed by atoms with E-state index in [1.54, 1.807) is 5.94 Å². The van der Waals surface area contributed by atoms with Gasteiger partial charge in [-0.25, -0.2) is 4.79 Å². The van der Waals surface area contributed by atoms with Gasteiger partial charge in [-0.05, 0) is 18.1 Å². The summed E-state index contributed by atoms with van der Waals surface area (Å²) in [6.07, 6.45) is 1.11. The molecule has 0 aliphatic carbocycles. The van der Waals surface area contributed by atoms with Crippen LogP contribution in [0.1, 0.15) is 20.8 Å². The maximum Gasteiger partial charge on any atom is 0.193 e. The summed E-state index contributed by atoms with van der Waals surface area (Å²) in [6.45, 7) is 6.23. The van der Waals surface area contributed by atoms with Gasteiger partial charge < -0.3 is 9.22 Å². The van der Waals surface area contributed by atoms with E-state index in [1.807, 2.05) is 0 Å². The Morgan fingerprint density at radius 2 is 1.79 bits per heavy atom. The number of aldehydes is 1. The van der Waals surface area contributed by atoms with E-state index in [0.717, 1.165) is 24.2 Å². The van der Waals surface area contributed by atoms with Crippen molar-refractivity contribution in [3.05, 3.63) is 6.08 Å². The van der Waals surface area contributed by atoms with Crippen LogP contribution in [0, 0.1) is 0 Å². The Morgan fingerprint density at radius 3 is 2.07 bits per heavy atom. The average molecular weight is 214 g/mol. The van der Waals surface area contributed by atoms with Gasteiger partial charge in [-0.1, -0.05) is 20.8 Å². The molecule has 80 valence electrons. The van der Waals surface area contributed by atoms with E-state index in [1.165, 1.54) is 0 Å². The zero-order valence-electron chi connectivity index (χ0n) is 9.08. The van der Waals surface area contributed by atoms with Gasteiger partial charge >= 0.3 is 0 Å². The van der Waals surface area contributed by atoms with Crippen LogP contribution in [0.25, 0.3) is 0 Å². The molecule has 0 radical (unpaired) electrons. The van der Waals surface area contributed by atoms with Crippen molar-refractivity contribution in [1.29, 1.82) is 0 Å². The van der Waals surface area contributed by atoms with E-state index < -0.39 is 14.4 Å². The third-order valence-electron chi connectivity index (χ3n) is 2.69. The third-order valence-corrected chi connectivity index (χ3v) is 7.32. The third kappa shape index (κ3) is 3.58. The smallest absolute Gasteiger partial charge is 0.193 e. The molecule has 0 spiro atoms. The van der Waals surface area contributed by atoms with Crippen molar-refractivity contribution in [2.75, 3.05) is 0 Å². The lowest BCUT2D eigenvalue weighted by Crippen LogP contribution is -2.39. The standard InChI is InChI=1S/C10H18O3Si/c1-4-14(5-2,6-3)13-10(9-12)7-8-11/h7,9-10H,4-6H2,1-3H3. The van der Waals surface area contributed by atoms with Gasteiger partial charge in [0.2, 0.25) is 0 Å². The van der Waals surface area contributed by atoms with Crippen molar-refractivity contribution in [3.8, 4) is 0 Å². The Hall–Kier alpha value is -0.703. The van der Waals surface area contributed by atoms with Crippen LogP contribution in [0.5, 0.6) is 0 Å². The number of hydrogen-bond donors (Lipinski definition) is 0. The Morgan fingerprint density at radius 1 is 1.29 bits per heavy atom. The number of carbonyl (C=O) groups excluding carboxylic acids is 2. The van der Waals surface area contributed by atoms with Crippen molar-refractivity contribution in [2.24, 2.45) is 0 Å². The average Bonchev–Trinajstić information content (AvgIpc) is 2.25. The minimum atomic E-state index is -1.78. The maximum atomic E-state index is 10.6. The van der Waals surface area contributed by atoms with Gasteiger partial charge in [-0.3, -0.25) is 0 Å². The molecular formula is C10H18O3Si. The molecule has 0 aromatic heterocycles. The van der Waals surface area contributed by atoms with Crippen LogP contribution in [0.3, 0.4) is 0 Å². The van der Waals surface area contributed by atoms with Gasteiger partial charge in [0.1, 0.15) is 12.0 Å². The molecule has 0 aliphatic rings. The van der Waals surface area contributed by atoms with Crippen molar-refractivity contribution in [1.82, 2.24) is 0 Å². The molecule has 0 amide bonds. The second-order valence-electron chi connectivity index (χ2n) is 3.25. The SMILES string of the molecule is CC[Si](CC)(CC)OC(C=O)C=C=O. The first kappa shape index (κ1) is 13.3. The monoisotopic (exact) mass is 214 g/mol. The summed E-state index contributed by atoms with van der Waals surface area (Å²) in [5, 5.41) is 0. The second-order valence-corrected chi connectivity index (χ2v) is 7.97. The number of hydrogen-bond acceptors (Lipinski definition) is 3. The van der Waals surface area contributed by atoms with Crippen LogP contribution in [-0.4, -0.2) is 26.6 Å². The highest BCUT2D eigenvalue weighted by Crippen LogP contribution is 2.22. The molecule has 1 atom stereocenters. The minimum absolute atomic E-state index is 0.660. The highest BCUT2D eigenvalue weighted by molar-refractivity contribution is 6.73. The van der Waals surface area contributed by atoms with Gasteiger partial charge in [-0.15, -0.1) is 0 Å². The highest BCUT2D eigenvalue weighted by Gasteiger charge is 2.31. The first-order valence-corrected chi connectivity index (χ1v) is 7.55. The largest absolute Gasteiger partial charge is 0.403 e. The normalized spacial score (nSPS) is 13.1. The van der Waals surface area contributed by atoms with E-state index in [4.69, 9.17) is 4.43 Å². The lowest BCUT2D eigenvalue weighted by atomic mass is 10.4. The Balaban J connectivity index is 4.54. The zero-order chi connectivity index (χ0) is 11.0. The topological polar surface area (TPSA) is 43.4 Å². The molecule has 14 heavy (non-hydrogen) atoms. The Labute approximate surface area is 86.3 Å². The van der Waals surface area contributed by atoms with E-state index >= 15 is 0 Å². The van der Waals surface area contributed by atoms with Gasteiger partial charge in [0.05, 0.1) is 0 Å². The molecule has 0 aromatic rings. The zero-order valence-corrected chi connectivity index (χ0v) is 10.1. The maximum absolute atomic E-state index is 10.6. The first-order chi connectivity index (χ1) is 6.67. The van der Waals surface area contributed by atoms with Crippen LogP contribution in [-0.2, 0) is 14.0 Å². The summed E-state index contributed by atoms with van der Waals surface area (Å²) in [5.74, 6) is 1.60. The molecule has 0 fully saturated rings. The van der Waals surface area contributed by atoms with E-state index in [0.29, 0.717) is 6.29 Å². The summed E-state index contributed by atoms with van der Waals surface area (Å²) in [4.78, 5) is 20.7. The molecule has 0 aromatic carbocycles. The van der Waals surface area contributed by atoms with Crippen LogP contribution >= 0.6 is 0 Å². The van der Waals surface area contributed by atoms with Crippen molar-refractivity contribution >= 4 is 20.5 Å². The first-order valence-electron chi connectivity index (χ1n) is 5.02. The second kappa shape index (κ2) is 6.71. The Bertz CT molecular complexity index is 209. The molecular weight excluding hydrogens is 196 g/mol. The summed E-state index contributed by atoms with van der Waals surface area (Å²) < 4.78 is 5.73. The van der Waals surface area contributed by atoms with Gasteiger partial charge in [0.15, 0.2) is 14.6 Å². The number of rotatable bonds is 7. The van der Waals surface area contributed by atoms with Gasteiger partial charge in [0.25, 0.3) is 0 Å². The predicted octanol–water partition coefficient (Wildman–Crippen LogP) is 1.96. The van der Waals surface area contributed by atoms with Crippen molar-refractivity contribution in [2.45, 2.75) is 45.0 Å². The minimum Gasteiger partial charge on any atom is -0.403 e. The molecule has 0 saturated carbocycles. The predicted molar refractivity (Wildman–Crippen MR) is 58.4 cm³/mol. The fraction of sp³-hybridized carbons (Fsp3) is 0.700. The molecule has 3 nitrogen and oxygen atoms in total. The van der Waals surface area contributed by atoms with E-state index in [9.17, 15) is 9.59 Å². The molecule has 0 bridgehead atoms. The summed E-state index contributed by atoms with van der Waals surface area (Å²) in [7, 11) is -1.78. The lowest BCUT2D eigenvalue weighted by molar-refractivity contribution is -0.112. The molecule has 4 heteroatoms. The van der Waals surface area contributed by atoms with Crippen LogP contribution in [0.15, 0.2) is 6.08 Å². The molecule has 0 saturated heterocycles. The number of carbonyl (C=O) groups is 1. The molecule has 1 unspecified atom stereocenters. The van der Waals surface area contributed by atoms with E-state index in [2.05, 4.69) is 20.8 Å². The summed E-state index contributed by atoms with van der Waals surface area (Å²) in [5.41, 5.74) is 0. The summed E-state index contributed by atoms with van der Waals surface area (Å²) >= 11 is 0. The fourth-order valence-corrected chi connectivity index (χ4v) is 4.16. The quantitative estimate of drug-likeness (QED) is 0.370. The van der Waals surface area contributed by atoms with Crippen LogP contribution in [0.2, 0.25) is 18.1 Å². The lowest BCUT2D eigenvalue weighted by Gasteiger charge is -2.29. The summed E-state index contributed by atoms with van der Waals surface area (Å²) in [6, 6.07) is 2.91. The molecule has 0 aliphatic heterocycles. The highest BCUT2D eigenvalue weighted by atomic mass is 28.4. The van der Waals surface area contributed by atoms with Gasteiger partial charge in [-0.2, -0.15) is 0 Å². The molecule has 0 N–H and O–H groups in total. The fourth-order valence-electron chi connectivity index (χ4n) is 1.46. The van der Waals surface area contributed by atoms with Crippen molar-refractivity contribution in [3.63, 3.8) is 0 Å². The van der Waals surface area contributed by atoms with Crippen LogP contribution in [0.4, 0.5) is 0 Å². The van der Waals surface area contributed by atoms with Crippen LogP contribution < -0.4 is 0 Å². The van der Waals surface area contributed by atoms with E-state index in [-0.39, 0.29) is 0 Å².